The van der Waals surface area contributed by atoms with E-state index in [4.69, 9.17) is 0 Å². The minimum atomic E-state index is 0.213. The normalized spacial score (nSPS) is 15.5. The summed E-state index contributed by atoms with van der Waals surface area (Å²) in [5.41, 5.74) is 1.94. The Kier molecular flexibility index (Phi) is 4.54. The van der Waals surface area contributed by atoms with Gasteiger partial charge in [-0.15, -0.1) is 0 Å². The summed E-state index contributed by atoms with van der Waals surface area (Å²) in [6.07, 6.45) is 7.93. The molecule has 4 heteroatoms. The third-order valence-corrected chi connectivity index (χ3v) is 4.52. The molecular weight excluding hydrogens is 328 g/mol. The number of rotatable bonds is 5. The lowest BCUT2D eigenvalue weighted by atomic mass is 10.1. The van der Waals surface area contributed by atoms with Crippen LogP contribution in [0.1, 0.15) is 43.0 Å². The summed E-state index contributed by atoms with van der Waals surface area (Å²) in [5.74, 6) is 0.213. The summed E-state index contributed by atoms with van der Waals surface area (Å²) in [5, 5.41) is 4.58. The van der Waals surface area contributed by atoms with E-state index in [1.165, 1.54) is 25.7 Å². The molecule has 0 radical (unpaired) electrons. The van der Waals surface area contributed by atoms with Gasteiger partial charge in [0.05, 0.1) is 18.2 Å². The van der Waals surface area contributed by atoms with E-state index in [1.54, 1.807) is 0 Å². The maximum atomic E-state index is 12.2. The standard InChI is InChI=1S/C17H19BrN2O/c18-14-5-3-4-13(10-14)11-17(21)12-15-8-9-20(19-15)16-6-1-2-7-16/h3-5,8-10,16H,1-2,6-7,11-12H2. The van der Waals surface area contributed by atoms with E-state index in [0.29, 0.717) is 18.9 Å². The number of carbonyl (C=O) groups excluding carboxylic acids is 1. The van der Waals surface area contributed by atoms with Crippen LogP contribution in [0.2, 0.25) is 0 Å². The van der Waals surface area contributed by atoms with E-state index in [0.717, 1.165) is 15.7 Å². The van der Waals surface area contributed by atoms with E-state index >= 15 is 0 Å². The molecule has 0 unspecified atom stereocenters. The molecule has 1 aromatic heterocycles. The smallest absolute Gasteiger partial charge is 0.143 e. The molecule has 2 aromatic rings. The first kappa shape index (κ1) is 14.5. The molecule has 1 aliphatic rings. The van der Waals surface area contributed by atoms with Gasteiger partial charge in [-0.1, -0.05) is 40.9 Å². The summed E-state index contributed by atoms with van der Waals surface area (Å²) >= 11 is 3.43. The number of ketones is 1. The number of hydrogen-bond acceptors (Lipinski definition) is 2. The van der Waals surface area contributed by atoms with Crippen LogP contribution in [0.25, 0.3) is 0 Å². The second-order valence-corrected chi connectivity index (χ2v) is 6.66. The molecule has 0 saturated heterocycles. The number of benzene rings is 1. The van der Waals surface area contributed by atoms with Crippen LogP contribution in [0.4, 0.5) is 0 Å². The zero-order chi connectivity index (χ0) is 14.7. The molecule has 1 heterocycles. The summed E-state index contributed by atoms with van der Waals surface area (Å²) in [7, 11) is 0. The van der Waals surface area contributed by atoms with Gasteiger partial charge < -0.3 is 0 Å². The Morgan fingerprint density at radius 2 is 2.05 bits per heavy atom. The lowest BCUT2D eigenvalue weighted by molar-refractivity contribution is -0.117. The minimum absolute atomic E-state index is 0.213. The number of Topliss-reactive ketones (excluding diaryl/α,β-unsaturated/α-hetero) is 1. The fraction of sp³-hybridized carbons (Fsp3) is 0.412. The molecule has 0 bridgehead atoms. The summed E-state index contributed by atoms with van der Waals surface area (Å²) in [6, 6.07) is 10.4. The first-order valence-electron chi connectivity index (χ1n) is 7.51. The Morgan fingerprint density at radius 1 is 1.24 bits per heavy atom. The number of carbonyl (C=O) groups is 1. The van der Waals surface area contributed by atoms with Crippen LogP contribution in [0.15, 0.2) is 41.0 Å². The maximum absolute atomic E-state index is 12.2. The second-order valence-electron chi connectivity index (χ2n) is 5.75. The Bertz CT molecular complexity index is 629. The molecule has 21 heavy (non-hydrogen) atoms. The minimum Gasteiger partial charge on any atom is -0.299 e. The fourth-order valence-corrected chi connectivity index (χ4v) is 3.43. The Hall–Kier alpha value is -1.42. The zero-order valence-electron chi connectivity index (χ0n) is 12.0. The van der Waals surface area contributed by atoms with Crippen LogP contribution < -0.4 is 0 Å². The van der Waals surface area contributed by atoms with Gasteiger partial charge in [0.2, 0.25) is 0 Å². The van der Waals surface area contributed by atoms with E-state index < -0.39 is 0 Å². The van der Waals surface area contributed by atoms with Crippen molar-refractivity contribution in [1.29, 1.82) is 0 Å². The first-order valence-corrected chi connectivity index (χ1v) is 8.30. The molecule has 1 fully saturated rings. The molecule has 110 valence electrons. The second kappa shape index (κ2) is 6.56. The fourth-order valence-electron chi connectivity index (χ4n) is 2.98. The average Bonchev–Trinajstić information content (AvgIpc) is 3.08. The third kappa shape index (κ3) is 3.82. The van der Waals surface area contributed by atoms with Gasteiger partial charge in [0.25, 0.3) is 0 Å². The Balaban J connectivity index is 1.59. The van der Waals surface area contributed by atoms with E-state index in [9.17, 15) is 4.79 Å². The third-order valence-electron chi connectivity index (χ3n) is 4.03. The Labute approximate surface area is 133 Å². The number of nitrogens with zero attached hydrogens (tertiary/aromatic N) is 2. The number of hydrogen-bond donors (Lipinski definition) is 0. The largest absolute Gasteiger partial charge is 0.299 e. The molecule has 1 aromatic carbocycles. The summed E-state index contributed by atoms with van der Waals surface area (Å²) < 4.78 is 3.06. The molecule has 0 amide bonds. The van der Waals surface area contributed by atoms with Gasteiger partial charge in [0.1, 0.15) is 5.78 Å². The van der Waals surface area contributed by atoms with Crippen LogP contribution in [-0.2, 0) is 17.6 Å². The van der Waals surface area contributed by atoms with Crippen molar-refractivity contribution < 1.29 is 4.79 Å². The molecule has 1 aliphatic carbocycles. The maximum Gasteiger partial charge on any atom is 0.143 e. The van der Waals surface area contributed by atoms with E-state index in [1.807, 2.05) is 36.5 Å². The molecule has 0 atom stereocenters. The van der Waals surface area contributed by atoms with Gasteiger partial charge in [-0.05, 0) is 36.6 Å². The molecule has 0 spiro atoms. The van der Waals surface area contributed by atoms with Crippen molar-refractivity contribution in [3.05, 3.63) is 52.3 Å². The van der Waals surface area contributed by atoms with Crippen LogP contribution in [-0.4, -0.2) is 15.6 Å². The highest BCUT2D eigenvalue weighted by molar-refractivity contribution is 9.10. The van der Waals surface area contributed by atoms with Gasteiger partial charge in [-0.3, -0.25) is 9.48 Å². The monoisotopic (exact) mass is 346 g/mol. The predicted molar refractivity (Wildman–Crippen MR) is 86.3 cm³/mol. The molecular formula is C17H19BrN2O. The van der Waals surface area contributed by atoms with Gasteiger partial charge >= 0.3 is 0 Å². The topological polar surface area (TPSA) is 34.9 Å². The van der Waals surface area contributed by atoms with Crippen molar-refractivity contribution in [2.75, 3.05) is 0 Å². The van der Waals surface area contributed by atoms with Gasteiger partial charge in [0.15, 0.2) is 0 Å². The number of halogens is 1. The van der Waals surface area contributed by atoms with Gasteiger partial charge in [0, 0.05) is 17.1 Å². The van der Waals surface area contributed by atoms with E-state index in [2.05, 4.69) is 25.7 Å². The van der Waals surface area contributed by atoms with Crippen molar-refractivity contribution in [2.24, 2.45) is 0 Å². The number of aromatic nitrogens is 2. The highest BCUT2D eigenvalue weighted by atomic mass is 79.9. The van der Waals surface area contributed by atoms with Crippen molar-refractivity contribution >= 4 is 21.7 Å². The summed E-state index contributed by atoms with van der Waals surface area (Å²) in [4.78, 5) is 12.2. The van der Waals surface area contributed by atoms with Crippen molar-refractivity contribution in [3.63, 3.8) is 0 Å². The van der Waals surface area contributed by atoms with Crippen LogP contribution in [0.3, 0.4) is 0 Å². The van der Waals surface area contributed by atoms with Crippen molar-refractivity contribution in [2.45, 2.75) is 44.6 Å². The Morgan fingerprint density at radius 3 is 2.81 bits per heavy atom. The van der Waals surface area contributed by atoms with Crippen molar-refractivity contribution in [1.82, 2.24) is 9.78 Å². The van der Waals surface area contributed by atoms with Gasteiger partial charge in [-0.25, -0.2) is 0 Å². The first-order chi connectivity index (χ1) is 10.2. The lowest BCUT2D eigenvalue weighted by Crippen LogP contribution is -2.09. The van der Waals surface area contributed by atoms with Crippen LogP contribution in [0.5, 0.6) is 0 Å². The predicted octanol–water partition coefficient (Wildman–Crippen LogP) is 4.12. The van der Waals surface area contributed by atoms with Crippen molar-refractivity contribution in [3.8, 4) is 0 Å². The highest BCUT2D eigenvalue weighted by Crippen LogP contribution is 2.28. The molecule has 3 rings (SSSR count). The zero-order valence-corrected chi connectivity index (χ0v) is 13.6. The van der Waals surface area contributed by atoms with Crippen LogP contribution >= 0.6 is 15.9 Å². The average molecular weight is 347 g/mol. The highest BCUT2D eigenvalue weighted by Gasteiger charge is 2.18. The SMILES string of the molecule is O=C(Cc1cccc(Br)c1)Cc1ccn(C2CCCC2)n1. The molecule has 3 nitrogen and oxygen atoms in total. The molecule has 0 N–H and O–H groups in total. The lowest BCUT2D eigenvalue weighted by Gasteiger charge is -2.08. The molecule has 1 saturated carbocycles. The van der Waals surface area contributed by atoms with E-state index in [-0.39, 0.29) is 5.78 Å². The summed E-state index contributed by atoms with van der Waals surface area (Å²) in [6.45, 7) is 0. The molecule has 0 aliphatic heterocycles. The quantitative estimate of drug-likeness (QED) is 0.816. The van der Waals surface area contributed by atoms with Gasteiger partial charge in [-0.2, -0.15) is 5.10 Å². The van der Waals surface area contributed by atoms with Crippen LogP contribution in [0, 0.1) is 0 Å².